The fourth-order valence-corrected chi connectivity index (χ4v) is 3.90. The quantitative estimate of drug-likeness (QED) is 0.499. The Balaban J connectivity index is 1.37. The molecule has 0 unspecified atom stereocenters. The Labute approximate surface area is 189 Å². The highest BCUT2D eigenvalue weighted by atomic mass is 16.6. The molecule has 9 heteroatoms. The van der Waals surface area contributed by atoms with Crippen LogP contribution in [0.4, 0.5) is 10.7 Å². The summed E-state index contributed by atoms with van der Waals surface area (Å²) in [5.74, 6) is -2.38. The summed E-state index contributed by atoms with van der Waals surface area (Å²) in [6.07, 6.45) is -0.759. The van der Waals surface area contributed by atoms with Gasteiger partial charge in [-0.2, -0.15) is 0 Å². The predicted octanol–water partition coefficient (Wildman–Crippen LogP) is 3.87. The van der Waals surface area contributed by atoms with E-state index in [1.54, 1.807) is 13.8 Å². The third-order valence-corrected chi connectivity index (χ3v) is 5.53. The molecule has 0 radical (unpaired) electrons. The van der Waals surface area contributed by atoms with Gasteiger partial charge < -0.3 is 19.7 Å². The lowest BCUT2D eigenvalue weighted by atomic mass is 9.98. The van der Waals surface area contributed by atoms with E-state index in [1.807, 2.05) is 48.5 Å². The molecule has 0 fully saturated rings. The molecule has 4 rings (SSSR count). The summed E-state index contributed by atoms with van der Waals surface area (Å²) in [6.45, 7) is 3.47. The van der Waals surface area contributed by atoms with Crippen molar-refractivity contribution in [3.8, 4) is 11.1 Å². The predicted molar refractivity (Wildman–Crippen MR) is 119 cm³/mol. The van der Waals surface area contributed by atoms with Crippen molar-refractivity contribution >= 4 is 23.9 Å². The molecule has 0 saturated heterocycles. The second kappa shape index (κ2) is 9.15. The molecule has 2 aromatic carbocycles. The number of nitrogens with zero attached hydrogens (tertiary/aromatic N) is 1. The number of rotatable bonds is 7. The third-order valence-electron chi connectivity index (χ3n) is 5.53. The van der Waals surface area contributed by atoms with Crippen molar-refractivity contribution in [1.29, 1.82) is 0 Å². The molecule has 0 bridgehead atoms. The number of carboxylic acids is 1. The lowest BCUT2D eigenvalue weighted by molar-refractivity contribution is -0.140. The number of hydrogen-bond donors (Lipinski definition) is 3. The molecule has 0 aliphatic heterocycles. The minimum absolute atomic E-state index is 0.0891. The normalized spacial score (nSPS) is 13.2. The molecule has 2 amide bonds. The highest BCUT2D eigenvalue weighted by molar-refractivity contribution is 5.96. The summed E-state index contributed by atoms with van der Waals surface area (Å²) >= 11 is 0. The number of carbonyl (C=O) groups excluding carboxylic acids is 2. The second-order valence-corrected chi connectivity index (χ2v) is 8.06. The van der Waals surface area contributed by atoms with Gasteiger partial charge in [0.05, 0.1) is 0 Å². The number of carbonyl (C=O) groups is 3. The number of carboxylic acid groups (broad SMARTS) is 1. The highest BCUT2D eigenvalue weighted by Gasteiger charge is 2.29. The van der Waals surface area contributed by atoms with Crippen molar-refractivity contribution in [3.63, 3.8) is 0 Å². The van der Waals surface area contributed by atoms with Crippen LogP contribution in [0.1, 0.15) is 41.4 Å². The number of hydrogen-bond acceptors (Lipinski definition) is 6. The fourth-order valence-electron chi connectivity index (χ4n) is 3.90. The van der Waals surface area contributed by atoms with E-state index >= 15 is 0 Å². The van der Waals surface area contributed by atoms with E-state index in [9.17, 15) is 19.5 Å². The van der Waals surface area contributed by atoms with Crippen molar-refractivity contribution in [2.45, 2.75) is 25.8 Å². The molecule has 1 aliphatic rings. The largest absolute Gasteiger partial charge is 0.480 e. The Hall–Kier alpha value is -4.14. The fraction of sp³-hybridized carbons (Fsp3) is 0.250. The minimum Gasteiger partial charge on any atom is -0.480 e. The van der Waals surface area contributed by atoms with Crippen LogP contribution in [0, 0.1) is 5.92 Å². The molecule has 1 aliphatic carbocycles. The van der Waals surface area contributed by atoms with Gasteiger partial charge in [0.15, 0.2) is 5.69 Å². The van der Waals surface area contributed by atoms with E-state index in [2.05, 4.69) is 15.8 Å². The molecule has 0 spiro atoms. The molecular formula is C24H23N3O6. The summed E-state index contributed by atoms with van der Waals surface area (Å²) in [5.41, 5.74) is 4.26. The highest BCUT2D eigenvalue weighted by Crippen LogP contribution is 2.44. The van der Waals surface area contributed by atoms with Gasteiger partial charge in [0.2, 0.25) is 5.88 Å². The summed E-state index contributed by atoms with van der Waals surface area (Å²) in [5, 5.41) is 17.6. The maximum absolute atomic E-state index is 12.3. The van der Waals surface area contributed by atoms with Crippen LogP contribution in [-0.2, 0) is 9.53 Å². The monoisotopic (exact) mass is 449 g/mol. The smallest absolute Gasteiger partial charge is 0.414 e. The molecule has 9 nitrogen and oxygen atoms in total. The van der Waals surface area contributed by atoms with Crippen molar-refractivity contribution in [1.82, 2.24) is 10.5 Å². The number of aliphatic carboxylic acids is 1. The van der Waals surface area contributed by atoms with Crippen LogP contribution in [0.5, 0.6) is 0 Å². The summed E-state index contributed by atoms with van der Waals surface area (Å²) < 4.78 is 10.4. The van der Waals surface area contributed by atoms with Crippen LogP contribution < -0.4 is 10.6 Å². The van der Waals surface area contributed by atoms with E-state index in [1.165, 1.54) is 6.07 Å². The number of fused-ring (bicyclic) bond motifs is 3. The van der Waals surface area contributed by atoms with Gasteiger partial charge in [-0.15, -0.1) is 0 Å². The first-order valence-corrected chi connectivity index (χ1v) is 10.5. The number of aromatic nitrogens is 1. The van der Waals surface area contributed by atoms with Gasteiger partial charge in [-0.3, -0.25) is 10.1 Å². The van der Waals surface area contributed by atoms with Gasteiger partial charge in [0.25, 0.3) is 5.91 Å². The first-order valence-electron chi connectivity index (χ1n) is 10.5. The number of nitrogens with one attached hydrogen (secondary N) is 2. The zero-order chi connectivity index (χ0) is 23.5. The molecule has 3 aromatic rings. The molecule has 1 heterocycles. The zero-order valence-corrected chi connectivity index (χ0v) is 18.1. The summed E-state index contributed by atoms with van der Waals surface area (Å²) in [4.78, 5) is 35.8. The van der Waals surface area contributed by atoms with Crippen LogP contribution in [0.25, 0.3) is 11.1 Å². The molecule has 170 valence electrons. The van der Waals surface area contributed by atoms with Gasteiger partial charge in [-0.05, 0) is 28.2 Å². The number of benzene rings is 2. The molecular weight excluding hydrogens is 426 g/mol. The van der Waals surface area contributed by atoms with Crippen molar-refractivity contribution in [2.24, 2.45) is 5.92 Å². The van der Waals surface area contributed by atoms with Crippen LogP contribution in [-0.4, -0.2) is 40.9 Å². The number of anilines is 1. The van der Waals surface area contributed by atoms with Crippen LogP contribution in [0.15, 0.2) is 59.1 Å². The molecule has 3 N–H and O–H groups in total. The van der Waals surface area contributed by atoms with E-state index < -0.39 is 24.0 Å². The van der Waals surface area contributed by atoms with Gasteiger partial charge in [0, 0.05) is 12.0 Å². The van der Waals surface area contributed by atoms with Crippen molar-refractivity contribution in [3.05, 3.63) is 71.4 Å². The average molecular weight is 449 g/mol. The maximum atomic E-state index is 12.3. The zero-order valence-electron chi connectivity index (χ0n) is 18.1. The first-order chi connectivity index (χ1) is 15.8. The number of ether oxygens (including phenoxy) is 1. The Kier molecular flexibility index (Phi) is 6.12. The minimum atomic E-state index is -1.15. The SMILES string of the molecule is CC(C)[C@@H](NC(=O)c1cc(NC(=O)OCC2c3ccccc3-c3ccccc32)on1)C(=O)O. The van der Waals surface area contributed by atoms with E-state index in [0.29, 0.717) is 0 Å². The average Bonchev–Trinajstić information content (AvgIpc) is 3.38. The van der Waals surface area contributed by atoms with Gasteiger partial charge >= 0.3 is 12.1 Å². The van der Waals surface area contributed by atoms with Crippen molar-refractivity contribution < 1.29 is 28.8 Å². The molecule has 1 atom stereocenters. The Bertz CT molecular complexity index is 1160. The van der Waals surface area contributed by atoms with E-state index in [4.69, 9.17) is 9.26 Å². The lowest BCUT2D eigenvalue weighted by Crippen LogP contribution is -2.44. The maximum Gasteiger partial charge on any atom is 0.414 e. The van der Waals surface area contributed by atoms with Gasteiger partial charge in [0.1, 0.15) is 12.6 Å². The first kappa shape index (κ1) is 22.1. The van der Waals surface area contributed by atoms with E-state index in [0.717, 1.165) is 22.3 Å². The Morgan fingerprint density at radius 1 is 1.06 bits per heavy atom. The van der Waals surface area contributed by atoms with Crippen molar-refractivity contribution in [2.75, 3.05) is 11.9 Å². The number of amides is 2. The lowest BCUT2D eigenvalue weighted by Gasteiger charge is -2.16. The summed E-state index contributed by atoms with van der Waals surface area (Å²) in [6, 6.07) is 16.1. The molecule has 1 aromatic heterocycles. The third kappa shape index (κ3) is 4.57. The topological polar surface area (TPSA) is 131 Å². The Morgan fingerprint density at radius 3 is 2.24 bits per heavy atom. The summed E-state index contributed by atoms with van der Waals surface area (Å²) in [7, 11) is 0. The Morgan fingerprint density at radius 2 is 1.67 bits per heavy atom. The molecule has 33 heavy (non-hydrogen) atoms. The standard InChI is InChI=1S/C24H23N3O6/c1-13(2)21(23(29)30)26-22(28)19-11-20(33-27-19)25-24(31)32-12-18-16-9-5-3-7-14(16)15-8-4-6-10-17(15)18/h3-11,13,18,21H,12H2,1-2H3,(H,25,31)(H,26,28)(H,29,30)/t21-/m1/s1. The van der Waals surface area contributed by atoms with Gasteiger partial charge in [-0.25, -0.2) is 9.59 Å². The molecule has 0 saturated carbocycles. The van der Waals surface area contributed by atoms with Crippen LogP contribution >= 0.6 is 0 Å². The van der Waals surface area contributed by atoms with E-state index in [-0.39, 0.29) is 30.0 Å². The van der Waals surface area contributed by atoms with Crippen LogP contribution in [0.3, 0.4) is 0 Å². The van der Waals surface area contributed by atoms with Gasteiger partial charge in [-0.1, -0.05) is 67.5 Å². The van der Waals surface area contributed by atoms with Crippen LogP contribution in [0.2, 0.25) is 0 Å². The second-order valence-electron chi connectivity index (χ2n) is 8.06.